The molecular formula is C16H20N2O2S. The normalized spacial score (nSPS) is 10.4. The maximum Gasteiger partial charge on any atom is 0.220 e. The molecule has 2 rings (SSSR count). The van der Waals surface area contributed by atoms with Crippen molar-refractivity contribution in [1.82, 2.24) is 10.3 Å². The van der Waals surface area contributed by atoms with E-state index in [2.05, 4.69) is 10.3 Å². The van der Waals surface area contributed by atoms with E-state index < -0.39 is 0 Å². The summed E-state index contributed by atoms with van der Waals surface area (Å²) in [5.41, 5.74) is 2.15. The summed E-state index contributed by atoms with van der Waals surface area (Å²) in [4.78, 5) is 16.2. The van der Waals surface area contributed by atoms with E-state index >= 15 is 0 Å². The molecule has 0 aliphatic carbocycles. The second-order valence-electron chi connectivity index (χ2n) is 4.83. The Labute approximate surface area is 129 Å². The molecule has 0 bridgehead atoms. The number of thiazole rings is 1. The van der Waals surface area contributed by atoms with Crippen LogP contribution in [0, 0.1) is 6.92 Å². The highest BCUT2D eigenvalue weighted by atomic mass is 32.1. The number of nitrogens with zero attached hydrogens (tertiary/aromatic N) is 1. The number of carbonyl (C=O) groups is 1. The second-order valence-corrected chi connectivity index (χ2v) is 5.78. The minimum absolute atomic E-state index is 0.0751. The quantitative estimate of drug-likeness (QED) is 0.855. The summed E-state index contributed by atoms with van der Waals surface area (Å²) in [6.07, 6.45) is 2.01. The van der Waals surface area contributed by atoms with Crippen molar-refractivity contribution in [3.63, 3.8) is 0 Å². The zero-order chi connectivity index (χ0) is 15.1. The van der Waals surface area contributed by atoms with Crippen LogP contribution in [0.25, 0.3) is 0 Å². The Balaban J connectivity index is 1.69. The van der Waals surface area contributed by atoms with E-state index in [4.69, 9.17) is 4.74 Å². The summed E-state index contributed by atoms with van der Waals surface area (Å²) in [5, 5.41) is 6.03. The van der Waals surface area contributed by atoms with Crippen LogP contribution in [0.5, 0.6) is 5.75 Å². The first-order valence-electron chi connectivity index (χ1n) is 6.98. The molecule has 0 fully saturated rings. The number of aryl methyl sites for hydroxylation is 2. The SMILES string of the molecule is COc1cccc(CCC(=O)NCCc2nc(C)cs2)c1. The van der Waals surface area contributed by atoms with Gasteiger partial charge < -0.3 is 10.1 Å². The lowest BCUT2D eigenvalue weighted by Crippen LogP contribution is -2.25. The van der Waals surface area contributed by atoms with Crippen LogP contribution < -0.4 is 10.1 Å². The highest BCUT2D eigenvalue weighted by Gasteiger charge is 2.04. The first-order chi connectivity index (χ1) is 10.2. The molecule has 4 nitrogen and oxygen atoms in total. The van der Waals surface area contributed by atoms with Gasteiger partial charge >= 0.3 is 0 Å². The first kappa shape index (κ1) is 15.5. The lowest BCUT2D eigenvalue weighted by Gasteiger charge is -2.06. The van der Waals surface area contributed by atoms with E-state index in [9.17, 15) is 4.79 Å². The predicted octanol–water partition coefficient (Wildman–Crippen LogP) is 2.75. The fraction of sp³-hybridized carbons (Fsp3) is 0.375. The number of aromatic nitrogens is 1. The topological polar surface area (TPSA) is 51.2 Å². The standard InChI is InChI=1S/C16H20N2O2S/c1-12-11-21-16(18-12)8-9-17-15(19)7-6-13-4-3-5-14(10-13)20-2/h3-5,10-11H,6-9H2,1-2H3,(H,17,19). The Kier molecular flexibility index (Phi) is 5.75. The summed E-state index contributed by atoms with van der Waals surface area (Å²) < 4.78 is 5.17. The van der Waals surface area contributed by atoms with Gasteiger partial charge in [-0.05, 0) is 31.0 Å². The lowest BCUT2D eigenvalue weighted by atomic mass is 10.1. The van der Waals surface area contributed by atoms with Crippen LogP contribution in [0.3, 0.4) is 0 Å². The number of benzene rings is 1. The second kappa shape index (κ2) is 7.78. The van der Waals surface area contributed by atoms with Gasteiger partial charge in [-0.3, -0.25) is 4.79 Å². The van der Waals surface area contributed by atoms with E-state index in [1.807, 2.05) is 36.6 Å². The molecule has 0 unspecified atom stereocenters. The fourth-order valence-corrected chi connectivity index (χ4v) is 2.78. The monoisotopic (exact) mass is 304 g/mol. The summed E-state index contributed by atoms with van der Waals surface area (Å²) in [6.45, 7) is 2.62. The fourth-order valence-electron chi connectivity index (χ4n) is 2.00. The van der Waals surface area contributed by atoms with Crippen molar-refractivity contribution >= 4 is 17.2 Å². The molecule has 0 saturated carbocycles. The summed E-state index contributed by atoms with van der Waals surface area (Å²) in [6, 6.07) is 7.82. The number of rotatable bonds is 7. The molecule has 0 atom stereocenters. The number of hydrogen-bond donors (Lipinski definition) is 1. The largest absolute Gasteiger partial charge is 0.497 e. The van der Waals surface area contributed by atoms with Crippen LogP contribution >= 0.6 is 11.3 Å². The van der Waals surface area contributed by atoms with Crippen molar-refractivity contribution in [3.05, 3.63) is 45.9 Å². The molecule has 0 radical (unpaired) electrons. The van der Waals surface area contributed by atoms with E-state index in [-0.39, 0.29) is 5.91 Å². The van der Waals surface area contributed by atoms with Crippen molar-refractivity contribution in [3.8, 4) is 5.75 Å². The molecule has 0 saturated heterocycles. The Hall–Kier alpha value is -1.88. The maximum atomic E-state index is 11.8. The first-order valence-corrected chi connectivity index (χ1v) is 7.86. The number of nitrogens with one attached hydrogen (secondary N) is 1. The maximum absolute atomic E-state index is 11.8. The molecule has 21 heavy (non-hydrogen) atoms. The van der Waals surface area contributed by atoms with Crippen LogP contribution in [-0.2, 0) is 17.6 Å². The van der Waals surface area contributed by atoms with Crippen molar-refractivity contribution in [2.75, 3.05) is 13.7 Å². The Morgan fingerprint density at radius 2 is 2.24 bits per heavy atom. The summed E-state index contributed by atoms with van der Waals surface area (Å²) >= 11 is 1.64. The van der Waals surface area contributed by atoms with Crippen molar-refractivity contribution in [2.45, 2.75) is 26.2 Å². The summed E-state index contributed by atoms with van der Waals surface area (Å²) in [7, 11) is 1.64. The van der Waals surface area contributed by atoms with Gasteiger partial charge in [0.25, 0.3) is 0 Å². The van der Waals surface area contributed by atoms with Crippen LogP contribution in [0.1, 0.15) is 22.7 Å². The molecule has 0 spiro atoms. The van der Waals surface area contributed by atoms with Crippen molar-refractivity contribution < 1.29 is 9.53 Å². The zero-order valence-corrected chi connectivity index (χ0v) is 13.2. The van der Waals surface area contributed by atoms with Gasteiger partial charge in [0.05, 0.1) is 12.1 Å². The Bertz CT molecular complexity index is 595. The molecule has 0 aliphatic rings. The smallest absolute Gasteiger partial charge is 0.220 e. The number of hydrogen-bond acceptors (Lipinski definition) is 4. The van der Waals surface area contributed by atoms with Gasteiger partial charge in [0.2, 0.25) is 5.91 Å². The summed E-state index contributed by atoms with van der Waals surface area (Å²) in [5.74, 6) is 0.901. The molecular weight excluding hydrogens is 284 g/mol. The highest BCUT2D eigenvalue weighted by molar-refractivity contribution is 7.09. The van der Waals surface area contributed by atoms with Gasteiger partial charge in [0.15, 0.2) is 0 Å². The van der Waals surface area contributed by atoms with Gasteiger partial charge in [-0.15, -0.1) is 11.3 Å². The van der Waals surface area contributed by atoms with Crippen LogP contribution in [0.15, 0.2) is 29.6 Å². The number of ether oxygens (including phenoxy) is 1. The minimum Gasteiger partial charge on any atom is -0.497 e. The van der Waals surface area contributed by atoms with E-state index in [1.54, 1.807) is 18.4 Å². The molecule has 112 valence electrons. The molecule has 1 amide bonds. The average molecular weight is 304 g/mol. The van der Waals surface area contributed by atoms with Gasteiger partial charge in [-0.1, -0.05) is 12.1 Å². The highest BCUT2D eigenvalue weighted by Crippen LogP contribution is 2.14. The van der Waals surface area contributed by atoms with Crippen LogP contribution in [-0.4, -0.2) is 24.5 Å². The molecule has 1 N–H and O–H groups in total. The minimum atomic E-state index is 0.0751. The Morgan fingerprint density at radius 1 is 1.38 bits per heavy atom. The van der Waals surface area contributed by atoms with Gasteiger partial charge in [0.1, 0.15) is 5.75 Å². The van der Waals surface area contributed by atoms with Crippen LogP contribution in [0.2, 0.25) is 0 Å². The lowest BCUT2D eigenvalue weighted by molar-refractivity contribution is -0.121. The van der Waals surface area contributed by atoms with Crippen molar-refractivity contribution in [2.24, 2.45) is 0 Å². The third-order valence-corrected chi connectivity index (χ3v) is 4.13. The molecule has 2 aromatic rings. The average Bonchev–Trinajstić information content (AvgIpc) is 2.91. The number of methoxy groups -OCH3 is 1. The molecule has 1 heterocycles. The number of amides is 1. The molecule has 1 aromatic heterocycles. The van der Waals surface area contributed by atoms with E-state index in [0.29, 0.717) is 13.0 Å². The van der Waals surface area contributed by atoms with E-state index in [1.165, 1.54) is 0 Å². The zero-order valence-electron chi connectivity index (χ0n) is 12.4. The van der Waals surface area contributed by atoms with Gasteiger partial charge in [0, 0.05) is 30.5 Å². The third kappa shape index (κ3) is 5.19. The third-order valence-electron chi connectivity index (χ3n) is 3.10. The molecule has 5 heteroatoms. The van der Waals surface area contributed by atoms with Crippen LogP contribution in [0.4, 0.5) is 0 Å². The predicted molar refractivity (Wildman–Crippen MR) is 84.9 cm³/mol. The molecule has 1 aromatic carbocycles. The van der Waals surface area contributed by atoms with E-state index in [0.717, 1.165) is 34.9 Å². The van der Waals surface area contributed by atoms with Crippen molar-refractivity contribution in [1.29, 1.82) is 0 Å². The Morgan fingerprint density at radius 3 is 2.95 bits per heavy atom. The van der Waals surface area contributed by atoms with Gasteiger partial charge in [-0.2, -0.15) is 0 Å². The number of carbonyl (C=O) groups excluding carboxylic acids is 1. The molecule has 0 aliphatic heterocycles. The van der Waals surface area contributed by atoms with Gasteiger partial charge in [-0.25, -0.2) is 4.98 Å².